The lowest BCUT2D eigenvalue weighted by molar-refractivity contribution is 0.514. The maximum absolute atomic E-state index is 4.56. The van der Waals surface area contributed by atoms with E-state index in [1.54, 1.807) is 0 Å². The second-order valence-corrected chi connectivity index (χ2v) is 8.22. The summed E-state index contributed by atoms with van der Waals surface area (Å²) in [4.78, 5) is 15.7. The SMILES string of the molecule is CCc1ncc(-c2ccc(C#Cc3ccc(-c4cnc(C(C)C(C)C)[nH]4)cc3)cc2)[nH]1. The van der Waals surface area contributed by atoms with Crippen LogP contribution < -0.4 is 0 Å². The van der Waals surface area contributed by atoms with Crippen molar-refractivity contribution in [3.63, 3.8) is 0 Å². The Kier molecular flexibility index (Phi) is 6.04. The number of rotatable bonds is 5. The van der Waals surface area contributed by atoms with Crippen LogP contribution in [0.25, 0.3) is 22.5 Å². The maximum Gasteiger partial charge on any atom is 0.109 e. The molecule has 4 rings (SSSR count). The van der Waals surface area contributed by atoms with E-state index in [2.05, 4.69) is 95.9 Å². The average Bonchev–Trinajstić information content (AvgIpc) is 3.48. The first kappa shape index (κ1) is 20.7. The van der Waals surface area contributed by atoms with Crippen molar-refractivity contribution < 1.29 is 0 Å². The van der Waals surface area contributed by atoms with Crippen molar-refractivity contribution in [2.75, 3.05) is 0 Å². The average molecular weight is 409 g/mol. The molecule has 4 heteroatoms. The van der Waals surface area contributed by atoms with Crippen LogP contribution in [0.5, 0.6) is 0 Å². The first-order valence-corrected chi connectivity index (χ1v) is 10.8. The van der Waals surface area contributed by atoms with Gasteiger partial charge in [-0.25, -0.2) is 9.97 Å². The van der Waals surface area contributed by atoms with Crippen molar-refractivity contribution in [3.8, 4) is 34.4 Å². The fraction of sp³-hybridized carbons (Fsp3) is 0.259. The lowest BCUT2D eigenvalue weighted by atomic mass is 9.98. The predicted molar refractivity (Wildman–Crippen MR) is 127 cm³/mol. The number of aryl methyl sites for hydroxylation is 1. The third-order valence-corrected chi connectivity index (χ3v) is 5.73. The van der Waals surface area contributed by atoms with E-state index in [1.807, 2.05) is 24.5 Å². The molecule has 0 radical (unpaired) electrons. The number of aromatic nitrogens is 4. The molecule has 0 bridgehead atoms. The van der Waals surface area contributed by atoms with Crippen molar-refractivity contribution in [1.29, 1.82) is 0 Å². The summed E-state index contributed by atoms with van der Waals surface area (Å²) in [6, 6.07) is 16.5. The molecule has 0 saturated carbocycles. The number of benzene rings is 2. The minimum atomic E-state index is 0.409. The lowest BCUT2D eigenvalue weighted by Gasteiger charge is -2.11. The smallest absolute Gasteiger partial charge is 0.109 e. The molecule has 0 amide bonds. The van der Waals surface area contributed by atoms with Crippen LogP contribution in [0.4, 0.5) is 0 Å². The van der Waals surface area contributed by atoms with Crippen LogP contribution in [-0.2, 0) is 6.42 Å². The number of hydrogen-bond donors (Lipinski definition) is 2. The zero-order chi connectivity index (χ0) is 21.8. The Bertz CT molecular complexity index is 1200. The zero-order valence-electron chi connectivity index (χ0n) is 18.5. The number of H-pyrrole nitrogens is 2. The van der Waals surface area contributed by atoms with Crippen LogP contribution in [0.15, 0.2) is 60.9 Å². The predicted octanol–water partition coefficient (Wildman–Crippen LogP) is 6.19. The highest BCUT2D eigenvalue weighted by Gasteiger charge is 2.13. The molecule has 2 aromatic heterocycles. The normalized spacial score (nSPS) is 11.9. The molecule has 4 nitrogen and oxygen atoms in total. The quantitative estimate of drug-likeness (QED) is 0.387. The van der Waals surface area contributed by atoms with Gasteiger partial charge in [-0.2, -0.15) is 0 Å². The first-order chi connectivity index (χ1) is 15.0. The highest BCUT2D eigenvalue weighted by Crippen LogP contribution is 2.24. The second kappa shape index (κ2) is 9.06. The van der Waals surface area contributed by atoms with E-state index in [4.69, 9.17) is 0 Å². The summed E-state index contributed by atoms with van der Waals surface area (Å²) in [5, 5.41) is 0. The molecule has 31 heavy (non-hydrogen) atoms. The molecule has 0 spiro atoms. The van der Waals surface area contributed by atoms with E-state index in [-0.39, 0.29) is 0 Å². The van der Waals surface area contributed by atoms with Gasteiger partial charge in [-0.3, -0.25) is 0 Å². The van der Waals surface area contributed by atoms with Gasteiger partial charge in [0.2, 0.25) is 0 Å². The molecular weight excluding hydrogens is 380 g/mol. The largest absolute Gasteiger partial charge is 0.342 e. The van der Waals surface area contributed by atoms with Gasteiger partial charge in [-0.05, 0) is 41.3 Å². The van der Waals surface area contributed by atoms with E-state index in [1.165, 1.54) is 0 Å². The van der Waals surface area contributed by atoms with E-state index in [9.17, 15) is 0 Å². The van der Waals surface area contributed by atoms with Crippen molar-refractivity contribution in [3.05, 3.63) is 83.7 Å². The van der Waals surface area contributed by atoms with E-state index < -0.39 is 0 Å². The van der Waals surface area contributed by atoms with Gasteiger partial charge in [0.15, 0.2) is 0 Å². The van der Waals surface area contributed by atoms with Gasteiger partial charge >= 0.3 is 0 Å². The molecule has 1 unspecified atom stereocenters. The van der Waals surface area contributed by atoms with Crippen LogP contribution in [0, 0.1) is 17.8 Å². The summed E-state index contributed by atoms with van der Waals surface area (Å²) in [6.07, 6.45) is 4.70. The van der Waals surface area contributed by atoms with Crippen molar-refractivity contribution in [2.45, 2.75) is 40.0 Å². The standard InChI is InChI=1S/C27H28N4/c1-5-26-28-16-24(30-26)22-12-8-20(9-13-22)6-7-21-10-14-23(15-11-21)25-17-29-27(31-25)19(4)18(2)3/h8-19H,5H2,1-4H3,(H,28,30)(H,29,31). The fourth-order valence-corrected chi connectivity index (χ4v) is 3.33. The van der Waals surface area contributed by atoms with Gasteiger partial charge in [-0.1, -0.05) is 63.8 Å². The highest BCUT2D eigenvalue weighted by atomic mass is 14.9. The third kappa shape index (κ3) is 4.78. The van der Waals surface area contributed by atoms with Gasteiger partial charge in [0, 0.05) is 23.5 Å². The lowest BCUT2D eigenvalue weighted by Crippen LogP contribution is -2.03. The van der Waals surface area contributed by atoms with Crippen LogP contribution in [0.2, 0.25) is 0 Å². The molecule has 0 aliphatic carbocycles. The van der Waals surface area contributed by atoms with Gasteiger partial charge < -0.3 is 9.97 Å². The Hall–Kier alpha value is -3.58. The van der Waals surface area contributed by atoms with Crippen LogP contribution in [-0.4, -0.2) is 19.9 Å². The Labute approximate surface area is 184 Å². The molecule has 0 aliphatic rings. The Morgan fingerprint density at radius 1 is 0.742 bits per heavy atom. The van der Waals surface area contributed by atoms with Gasteiger partial charge in [0.05, 0.1) is 23.8 Å². The molecule has 2 heterocycles. The number of imidazole rings is 2. The Balaban J connectivity index is 1.45. The minimum absolute atomic E-state index is 0.409. The summed E-state index contributed by atoms with van der Waals surface area (Å²) in [6.45, 7) is 8.73. The molecule has 0 aliphatic heterocycles. The zero-order valence-corrected chi connectivity index (χ0v) is 18.5. The summed E-state index contributed by atoms with van der Waals surface area (Å²) in [7, 11) is 0. The number of aromatic amines is 2. The fourth-order valence-electron chi connectivity index (χ4n) is 3.33. The molecule has 4 aromatic rings. The van der Waals surface area contributed by atoms with Crippen LogP contribution in [0.1, 0.15) is 56.4 Å². The van der Waals surface area contributed by atoms with Crippen LogP contribution in [0.3, 0.4) is 0 Å². The minimum Gasteiger partial charge on any atom is -0.342 e. The topological polar surface area (TPSA) is 57.4 Å². The first-order valence-electron chi connectivity index (χ1n) is 10.8. The van der Waals surface area contributed by atoms with Gasteiger partial charge in [-0.15, -0.1) is 0 Å². The van der Waals surface area contributed by atoms with Crippen molar-refractivity contribution >= 4 is 0 Å². The molecule has 2 N–H and O–H groups in total. The molecule has 0 fully saturated rings. The molecule has 2 aromatic carbocycles. The Morgan fingerprint density at radius 3 is 1.74 bits per heavy atom. The molecular formula is C27H28N4. The number of hydrogen-bond acceptors (Lipinski definition) is 2. The Morgan fingerprint density at radius 2 is 1.26 bits per heavy atom. The summed E-state index contributed by atoms with van der Waals surface area (Å²) in [5.74, 6) is 9.51. The van der Waals surface area contributed by atoms with E-state index in [0.717, 1.165) is 51.7 Å². The van der Waals surface area contributed by atoms with Gasteiger partial charge in [0.1, 0.15) is 11.6 Å². The molecule has 156 valence electrons. The van der Waals surface area contributed by atoms with E-state index >= 15 is 0 Å². The van der Waals surface area contributed by atoms with E-state index in [0.29, 0.717) is 11.8 Å². The monoisotopic (exact) mass is 408 g/mol. The second-order valence-electron chi connectivity index (χ2n) is 8.22. The number of nitrogens with zero attached hydrogens (tertiary/aromatic N) is 2. The van der Waals surface area contributed by atoms with Crippen molar-refractivity contribution in [2.24, 2.45) is 5.92 Å². The highest BCUT2D eigenvalue weighted by molar-refractivity contribution is 5.62. The molecule has 0 saturated heterocycles. The third-order valence-electron chi connectivity index (χ3n) is 5.73. The summed E-state index contributed by atoms with van der Waals surface area (Å²) < 4.78 is 0. The van der Waals surface area contributed by atoms with Crippen molar-refractivity contribution in [1.82, 2.24) is 19.9 Å². The van der Waals surface area contributed by atoms with Crippen LogP contribution >= 0.6 is 0 Å². The maximum atomic E-state index is 4.56. The number of nitrogens with one attached hydrogen (secondary N) is 2. The van der Waals surface area contributed by atoms with Gasteiger partial charge in [0.25, 0.3) is 0 Å². The summed E-state index contributed by atoms with van der Waals surface area (Å²) in [5.41, 5.74) is 6.30. The summed E-state index contributed by atoms with van der Waals surface area (Å²) >= 11 is 0. The molecule has 1 atom stereocenters.